The molecule has 0 unspecified atom stereocenters. The Morgan fingerprint density at radius 3 is 2.92 bits per heavy atom. The van der Waals surface area contributed by atoms with Crippen molar-refractivity contribution in [2.45, 2.75) is 11.3 Å². The number of rotatable bonds is 6. The summed E-state index contributed by atoms with van der Waals surface area (Å²) < 4.78 is 10.7. The van der Waals surface area contributed by atoms with Crippen molar-refractivity contribution in [3.8, 4) is 11.5 Å². The third-order valence-electron chi connectivity index (χ3n) is 3.80. The van der Waals surface area contributed by atoms with Crippen molar-refractivity contribution >= 4 is 29.3 Å². The Kier molecular flexibility index (Phi) is 6.01. The number of nitrogens with one attached hydrogen (secondary N) is 2. The Morgan fingerprint density at radius 1 is 1.23 bits per heavy atom. The molecule has 2 aromatic carbocycles. The first-order valence-electron chi connectivity index (χ1n) is 8.27. The van der Waals surface area contributed by atoms with Crippen LogP contribution >= 0.6 is 11.8 Å². The SMILES string of the molecule is COc1cccc(OCCNC(=O)c2ccc3c(c2)NC(=O)CCS3)c1. The van der Waals surface area contributed by atoms with Crippen LogP contribution in [0.3, 0.4) is 0 Å². The van der Waals surface area contributed by atoms with Gasteiger partial charge in [-0.1, -0.05) is 6.07 Å². The van der Waals surface area contributed by atoms with E-state index < -0.39 is 0 Å². The van der Waals surface area contributed by atoms with Crippen molar-refractivity contribution < 1.29 is 19.1 Å². The molecule has 26 heavy (non-hydrogen) atoms. The predicted octanol–water partition coefficient (Wildman–Crippen LogP) is 2.94. The summed E-state index contributed by atoms with van der Waals surface area (Å²) in [6, 6.07) is 12.6. The first-order valence-corrected chi connectivity index (χ1v) is 9.26. The normalized spacial score (nSPS) is 13.2. The first-order chi connectivity index (χ1) is 12.7. The predicted molar refractivity (Wildman–Crippen MR) is 101 cm³/mol. The molecular formula is C19H20N2O4S. The van der Waals surface area contributed by atoms with Crippen molar-refractivity contribution in [1.29, 1.82) is 0 Å². The van der Waals surface area contributed by atoms with E-state index in [4.69, 9.17) is 9.47 Å². The maximum absolute atomic E-state index is 12.3. The average Bonchev–Trinajstić information content (AvgIpc) is 2.85. The highest BCUT2D eigenvalue weighted by atomic mass is 32.2. The summed E-state index contributed by atoms with van der Waals surface area (Å²) in [7, 11) is 1.60. The van der Waals surface area contributed by atoms with Crippen LogP contribution in [0.2, 0.25) is 0 Å². The number of carbonyl (C=O) groups excluding carboxylic acids is 2. The van der Waals surface area contributed by atoms with Gasteiger partial charge in [-0.05, 0) is 30.3 Å². The molecule has 136 valence electrons. The molecule has 0 fully saturated rings. The summed E-state index contributed by atoms with van der Waals surface area (Å²) in [4.78, 5) is 25.0. The van der Waals surface area contributed by atoms with Crippen molar-refractivity contribution in [1.82, 2.24) is 5.32 Å². The standard InChI is InChI=1S/C19H20N2O4S/c1-24-14-3-2-4-15(12-14)25-9-8-20-19(23)13-5-6-17-16(11-13)21-18(22)7-10-26-17/h2-6,11-12H,7-10H2,1H3,(H,20,23)(H,21,22). The van der Waals surface area contributed by atoms with Gasteiger partial charge in [0.25, 0.3) is 5.91 Å². The summed E-state index contributed by atoms with van der Waals surface area (Å²) in [5.41, 5.74) is 1.20. The number of anilines is 1. The number of thioether (sulfide) groups is 1. The lowest BCUT2D eigenvalue weighted by molar-refractivity contribution is -0.115. The number of hydrogen-bond donors (Lipinski definition) is 2. The molecule has 2 amide bonds. The molecule has 1 aliphatic rings. The van der Waals surface area contributed by atoms with Crippen molar-refractivity contribution in [2.75, 3.05) is 31.3 Å². The molecule has 0 spiro atoms. The third-order valence-corrected chi connectivity index (χ3v) is 4.88. The molecular weight excluding hydrogens is 352 g/mol. The fourth-order valence-corrected chi connectivity index (χ4v) is 3.42. The second-order valence-corrected chi connectivity index (χ2v) is 6.78. The first kappa shape index (κ1) is 18.1. The van der Waals surface area contributed by atoms with Gasteiger partial charge in [0.05, 0.1) is 19.3 Å². The van der Waals surface area contributed by atoms with Crippen molar-refractivity contribution in [3.05, 3.63) is 48.0 Å². The smallest absolute Gasteiger partial charge is 0.251 e. The van der Waals surface area contributed by atoms with Crippen LogP contribution in [0.5, 0.6) is 11.5 Å². The zero-order valence-corrected chi connectivity index (χ0v) is 15.2. The number of methoxy groups -OCH3 is 1. The molecule has 0 aliphatic carbocycles. The van der Waals surface area contributed by atoms with Gasteiger partial charge in [-0.3, -0.25) is 9.59 Å². The summed E-state index contributed by atoms with van der Waals surface area (Å²) in [5.74, 6) is 1.91. The molecule has 2 N–H and O–H groups in total. The fraction of sp³-hybridized carbons (Fsp3) is 0.263. The Hall–Kier alpha value is -2.67. The molecule has 0 atom stereocenters. The van der Waals surface area contributed by atoms with E-state index in [9.17, 15) is 9.59 Å². The topological polar surface area (TPSA) is 76.7 Å². The molecule has 3 rings (SSSR count). The number of carbonyl (C=O) groups is 2. The number of ether oxygens (including phenoxy) is 2. The van der Waals surface area contributed by atoms with Crippen LogP contribution < -0.4 is 20.1 Å². The number of fused-ring (bicyclic) bond motifs is 1. The van der Waals surface area contributed by atoms with Gasteiger partial charge in [0.2, 0.25) is 5.91 Å². The summed E-state index contributed by atoms with van der Waals surface area (Å²) in [5, 5.41) is 5.66. The van der Waals surface area contributed by atoms with E-state index >= 15 is 0 Å². The Labute approximate surface area is 156 Å². The lowest BCUT2D eigenvalue weighted by atomic mass is 10.2. The summed E-state index contributed by atoms with van der Waals surface area (Å²) in [6.07, 6.45) is 0.475. The Morgan fingerprint density at radius 2 is 2.08 bits per heavy atom. The molecule has 0 saturated carbocycles. The van der Waals surface area contributed by atoms with Crippen LogP contribution in [-0.2, 0) is 4.79 Å². The maximum Gasteiger partial charge on any atom is 0.251 e. The van der Waals surface area contributed by atoms with Crippen molar-refractivity contribution in [3.63, 3.8) is 0 Å². The molecule has 6 nitrogen and oxygen atoms in total. The van der Waals surface area contributed by atoms with Gasteiger partial charge in [-0.2, -0.15) is 0 Å². The lowest BCUT2D eigenvalue weighted by Gasteiger charge is -2.11. The summed E-state index contributed by atoms with van der Waals surface area (Å²) in [6.45, 7) is 0.713. The zero-order valence-electron chi connectivity index (χ0n) is 14.4. The molecule has 1 aliphatic heterocycles. The average molecular weight is 372 g/mol. The number of benzene rings is 2. The van der Waals surface area contributed by atoms with Crippen LogP contribution in [0.25, 0.3) is 0 Å². The number of amides is 2. The van der Waals surface area contributed by atoms with Crippen LogP contribution in [0.15, 0.2) is 47.4 Å². The molecule has 2 aromatic rings. The second-order valence-electron chi connectivity index (χ2n) is 5.64. The molecule has 0 bridgehead atoms. The van der Waals surface area contributed by atoms with Crippen LogP contribution in [-0.4, -0.2) is 37.8 Å². The third kappa shape index (κ3) is 4.70. The second kappa shape index (κ2) is 8.62. The minimum absolute atomic E-state index is 0.0273. The van der Waals surface area contributed by atoms with E-state index in [0.29, 0.717) is 36.6 Å². The van der Waals surface area contributed by atoms with Gasteiger partial charge in [0.15, 0.2) is 0 Å². The van der Waals surface area contributed by atoms with Gasteiger partial charge in [0.1, 0.15) is 18.1 Å². The van der Waals surface area contributed by atoms with Crippen molar-refractivity contribution in [2.24, 2.45) is 0 Å². The highest BCUT2D eigenvalue weighted by Gasteiger charge is 2.15. The van der Waals surface area contributed by atoms with Gasteiger partial charge in [-0.15, -0.1) is 11.8 Å². The van der Waals surface area contributed by atoms with E-state index in [1.54, 1.807) is 37.1 Å². The maximum atomic E-state index is 12.3. The lowest BCUT2D eigenvalue weighted by Crippen LogP contribution is -2.28. The molecule has 0 radical (unpaired) electrons. The van der Waals surface area contributed by atoms with E-state index in [-0.39, 0.29) is 11.8 Å². The quantitative estimate of drug-likeness (QED) is 0.763. The van der Waals surface area contributed by atoms with E-state index in [1.165, 1.54) is 0 Å². The zero-order chi connectivity index (χ0) is 18.4. The minimum atomic E-state index is -0.203. The Balaban J connectivity index is 1.53. The van der Waals surface area contributed by atoms with E-state index in [2.05, 4.69) is 10.6 Å². The molecule has 0 aromatic heterocycles. The highest BCUT2D eigenvalue weighted by Crippen LogP contribution is 2.31. The molecule has 0 saturated heterocycles. The highest BCUT2D eigenvalue weighted by molar-refractivity contribution is 7.99. The molecule has 1 heterocycles. The molecule has 7 heteroatoms. The van der Waals surface area contributed by atoms with E-state index in [0.717, 1.165) is 16.4 Å². The van der Waals surface area contributed by atoms with Gasteiger partial charge >= 0.3 is 0 Å². The Bertz CT molecular complexity index is 810. The minimum Gasteiger partial charge on any atom is -0.497 e. The van der Waals surface area contributed by atoms with E-state index in [1.807, 2.05) is 24.3 Å². The monoisotopic (exact) mass is 372 g/mol. The summed E-state index contributed by atoms with van der Waals surface area (Å²) >= 11 is 1.61. The van der Waals surface area contributed by atoms with Gasteiger partial charge < -0.3 is 20.1 Å². The van der Waals surface area contributed by atoms with Gasteiger partial charge in [-0.25, -0.2) is 0 Å². The van der Waals surface area contributed by atoms with Crippen LogP contribution in [0, 0.1) is 0 Å². The number of hydrogen-bond acceptors (Lipinski definition) is 5. The van der Waals surface area contributed by atoms with Gasteiger partial charge in [0, 0.05) is 28.7 Å². The van der Waals surface area contributed by atoms with Crippen LogP contribution in [0.4, 0.5) is 5.69 Å². The largest absolute Gasteiger partial charge is 0.497 e. The van der Waals surface area contributed by atoms with Crippen LogP contribution in [0.1, 0.15) is 16.8 Å². The fourth-order valence-electron chi connectivity index (χ4n) is 2.49.